The normalized spacial score (nSPS) is 18.2. The molecule has 0 radical (unpaired) electrons. The van der Waals surface area contributed by atoms with Crippen molar-refractivity contribution < 1.29 is 61.9 Å². The van der Waals surface area contributed by atoms with E-state index in [0.29, 0.717) is 16.9 Å². The minimum absolute atomic E-state index is 0.00120. The number of esters is 5. The fourth-order valence-electron chi connectivity index (χ4n) is 6.99. The number of aromatic nitrogens is 1. The van der Waals surface area contributed by atoms with Crippen LogP contribution in [-0.2, 0) is 46.2 Å². The van der Waals surface area contributed by atoms with E-state index in [4.69, 9.17) is 37.9 Å². The molecule has 1 aliphatic rings. The molecule has 2 heterocycles. The number of carbonyl (C=O) groups is 5. The zero-order valence-electron chi connectivity index (χ0n) is 35.6. The Labute approximate surface area is 374 Å². The number of nitrogens with zero attached hydrogens (tertiary/aromatic N) is 1. The molecule has 1 aromatic heterocycles. The van der Waals surface area contributed by atoms with Crippen LogP contribution in [0.1, 0.15) is 72.0 Å². The first kappa shape index (κ1) is 45.2. The Kier molecular flexibility index (Phi) is 14.9. The van der Waals surface area contributed by atoms with Crippen LogP contribution in [0, 0.1) is 0 Å². The maximum absolute atomic E-state index is 14.1. The summed E-state index contributed by atoms with van der Waals surface area (Å²) in [6.45, 7) is 2.73. The van der Waals surface area contributed by atoms with Crippen molar-refractivity contribution in [1.82, 2.24) is 4.98 Å². The van der Waals surface area contributed by atoms with E-state index in [2.05, 4.69) is 4.98 Å². The summed E-state index contributed by atoms with van der Waals surface area (Å²) < 4.78 is 48.6. The van der Waals surface area contributed by atoms with Gasteiger partial charge in [0.05, 0.1) is 29.4 Å². The van der Waals surface area contributed by atoms with Crippen LogP contribution in [0.4, 0.5) is 0 Å². The van der Waals surface area contributed by atoms with Gasteiger partial charge in [-0.05, 0) is 79.2 Å². The first-order valence-electron chi connectivity index (χ1n) is 20.7. The highest BCUT2D eigenvalue weighted by molar-refractivity contribution is 5.91. The van der Waals surface area contributed by atoms with Crippen molar-refractivity contribution in [3.63, 3.8) is 0 Å². The molecule has 14 heteroatoms. The van der Waals surface area contributed by atoms with E-state index in [1.54, 1.807) is 110 Å². The van der Waals surface area contributed by atoms with Crippen molar-refractivity contribution in [1.29, 1.82) is 0 Å². The van der Waals surface area contributed by atoms with Gasteiger partial charge in [0.1, 0.15) is 24.6 Å². The van der Waals surface area contributed by atoms with Crippen LogP contribution in [0.5, 0.6) is 11.6 Å². The van der Waals surface area contributed by atoms with Gasteiger partial charge in [0.25, 0.3) is 0 Å². The number of benzene rings is 5. The van der Waals surface area contributed by atoms with Crippen LogP contribution in [0.2, 0.25) is 0 Å². The van der Waals surface area contributed by atoms with E-state index in [0.717, 1.165) is 5.56 Å². The number of rotatable bonds is 16. The van der Waals surface area contributed by atoms with Gasteiger partial charge in [-0.1, -0.05) is 84.9 Å². The average Bonchev–Trinajstić information content (AvgIpc) is 3.34. The smallest absolute Gasteiger partial charge is 0.338 e. The third-order valence-electron chi connectivity index (χ3n) is 10.3. The summed E-state index contributed by atoms with van der Waals surface area (Å²) >= 11 is 0. The summed E-state index contributed by atoms with van der Waals surface area (Å²) in [5.41, 5.74) is 2.49. The van der Waals surface area contributed by atoms with E-state index >= 15 is 0 Å². The second-order valence-electron chi connectivity index (χ2n) is 14.9. The number of pyridine rings is 1. The van der Waals surface area contributed by atoms with E-state index in [-0.39, 0.29) is 41.2 Å². The third-order valence-corrected chi connectivity index (χ3v) is 10.3. The van der Waals surface area contributed by atoms with Crippen molar-refractivity contribution in [3.05, 3.63) is 197 Å². The molecule has 65 heavy (non-hydrogen) atoms. The Morgan fingerprint density at radius 2 is 1.08 bits per heavy atom. The lowest BCUT2D eigenvalue weighted by molar-refractivity contribution is -0.284. The summed E-state index contributed by atoms with van der Waals surface area (Å²) in [7, 11) is 1.56. The molecule has 0 unspecified atom stereocenters. The van der Waals surface area contributed by atoms with Gasteiger partial charge in [-0.3, -0.25) is 4.79 Å². The zero-order valence-corrected chi connectivity index (χ0v) is 35.6. The lowest BCUT2D eigenvalue weighted by Gasteiger charge is -2.45. The highest BCUT2D eigenvalue weighted by Crippen LogP contribution is 2.35. The SMILES string of the molecule is COc1ccc(Cc2cc(COC(C)=O)cnc2O[C@@H]2O[C@H]([C@@H](C)OC(=O)c3ccccc3)[C@@H](OC(=O)c3ccccc3)[C@H](OC(=O)c3ccccc3)[C@H]2OC(=O)c2ccccc2)cc1. The lowest BCUT2D eigenvalue weighted by atomic mass is 9.94. The van der Waals surface area contributed by atoms with Crippen LogP contribution in [0.15, 0.2) is 158 Å². The molecule has 6 aromatic rings. The maximum atomic E-state index is 14.1. The average molecular weight is 880 g/mol. The summed E-state index contributed by atoms with van der Waals surface area (Å²) in [6.07, 6.45) is -7.60. The van der Waals surface area contributed by atoms with Crippen molar-refractivity contribution in [2.75, 3.05) is 7.11 Å². The Balaban J connectivity index is 1.35. The number of hydrogen-bond donors (Lipinski definition) is 0. The molecule has 1 aliphatic heterocycles. The largest absolute Gasteiger partial charge is 0.497 e. The molecule has 1 saturated heterocycles. The second-order valence-corrected chi connectivity index (χ2v) is 14.9. The zero-order chi connectivity index (χ0) is 45.7. The van der Waals surface area contributed by atoms with Crippen LogP contribution in [0.25, 0.3) is 0 Å². The number of ether oxygens (including phenoxy) is 8. The quantitative estimate of drug-likeness (QED) is 0.0682. The standard InChI is InChI=1S/C51H45NO13/c1-32(60-47(54)36-16-8-4-9-17-36)42-43(61-48(55)37-18-10-5-11-19-37)44(62-49(56)38-20-12-6-13-21-38)45(63-50(57)39-22-14-7-15-23-39)51(64-42)65-46-40(28-34-24-26-41(58-3)27-25-34)29-35(30-52-46)31-59-33(2)53/h4-27,29-30,32,42-45,51H,28,31H2,1-3H3/t32-,42-,43-,44+,45-,51+/m1/s1. The van der Waals surface area contributed by atoms with E-state index in [9.17, 15) is 24.0 Å². The lowest BCUT2D eigenvalue weighted by Crippen LogP contribution is -2.65. The summed E-state index contributed by atoms with van der Waals surface area (Å²) in [6, 6.07) is 41.5. The van der Waals surface area contributed by atoms with Gasteiger partial charge in [-0.15, -0.1) is 0 Å². The van der Waals surface area contributed by atoms with E-state index in [1.165, 1.54) is 56.4 Å². The first-order chi connectivity index (χ1) is 31.6. The molecule has 0 saturated carbocycles. The van der Waals surface area contributed by atoms with Gasteiger partial charge in [-0.2, -0.15) is 0 Å². The second kappa shape index (κ2) is 21.5. The molecule has 5 aromatic carbocycles. The molecule has 0 amide bonds. The molecular formula is C51H45NO13. The maximum Gasteiger partial charge on any atom is 0.338 e. The Bertz CT molecular complexity index is 2560. The molecule has 0 N–H and O–H groups in total. The van der Waals surface area contributed by atoms with Gasteiger partial charge in [0.2, 0.25) is 18.3 Å². The highest BCUT2D eigenvalue weighted by atomic mass is 16.7. The van der Waals surface area contributed by atoms with Crippen LogP contribution < -0.4 is 9.47 Å². The molecule has 6 atom stereocenters. The number of carbonyl (C=O) groups excluding carboxylic acids is 5. The van der Waals surface area contributed by atoms with E-state index < -0.39 is 66.7 Å². The van der Waals surface area contributed by atoms with Crippen molar-refractivity contribution in [2.45, 2.75) is 63.7 Å². The molecule has 0 aliphatic carbocycles. The molecule has 1 fully saturated rings. The van der Waals surface area contributed by atoms with Gasteiger partial charge in [0, 0.05) is 30.7 Å². The monoisotopic (exact) mass is 879 g/mol. The Morgan fingerprint density at radius 3 is 1.57 bits per heavy atom. The molecule has 7 rings (SSSR count). The predicted octanol–water partition coefficient (Wildman–Crippen LogP) is 7.77. The van der Waals surface area contributed by atoms with Crippen molar-refractivity contribution >= 4 is 29.8 Å². The van der Waals surface area contributed by atoms with Crippen LogP contribution >= 0.6 is 0 Å². The minimum atomic E-state index is -1.67. The van der Waals surface area contributed by atoms with Crippen molar-refractivity contribution in [3.8, 4) is 11.6 Å². The van der Waals surface area contributed by atoms with E-state index in [1.807, 2.05) is 12.1 Å². The van der Waals surface area contributed by atoms with Crippen molar-refractivity contribution in [2.24, 2.45) is 0 Å². The molecule has 332 valence electrons. The molecule has 0 spiro atoms. The van der Waals surface area contributed by atoms with Crippen LogP contribution in [-0.4, -0.2) is 78.8 Å². The molecular weight excluding hydrogens is 835 g/mol. The Morgan fingerprint density at radius 1 is 0.600 bits per heavy atom. The summed E-state index contributed by atoms with van der Waals surface area (Å²) in [4.78, 5) is 72.2. The topological polar surface area (TPSA) is 172 Å². The third kappa shape index (κ3) is 11.8. The van der Waals surface area contributed by atoms with Crippen LogP contribution in [0.3, 0.4) is 0 Å². The fourth-order valence-corrected chi connectivity index (χ4v) is 6.99. The van der Waals surface area contributed by atoms with Gasteiger partial charge in [0.15, 0.2) is 12.2 Å². The molecule has 0 bridgehead atoms. The van der Waals surface area contributed by atoms with Gasteiger partial charge < -0.3 is 37.9 Å². The summed E-state index contributed by atoms with van der Waals surface area (Å²) in [5.74, 6) is -3.14. The minimum Gasteiger partial charge on any atom is -0.497 e. The Hall–Kier alpha value is -7.84. The fraction of sp³-hybridized carbons (Fsp3) is 0.216. The molecule has 14 nitrogen and oxygen atoms in total. The first-order valence-corrected chi connectivity index (χ1v) is 20.7. The predicted molar refractivity (Wildman–Crippen MR) is 233 cm³/mol. The number of hydrogen-bond acceptors (Lipinski definition) is 14. The highest BCUT2D eigenvalue weighted by Gasteiger charge is 2.56. The number of methoxy groups -OCH3 is 1. The van der Waals surface area contributed by atoms with Gasteiger partial charge in [-0.25, -0.2) is 24.2 Å². The van der Waals surface area contributed by atoms with Gasteiger partial charge >= 0.3 is 29.8 Å². The summed E-state index contributed by atoms with van der Waals surface area (Å²) in [5, 5.41) is 0.